The molecule has 0 radical (unpaired) electrons. The molecule has 2 aromatic heterocycles. The minimum Gasteiger partial charge on any atom is -0.267 e. The molecular weight excluding hydrogens is 301 g/mol. The largest absolute Gasteiger partial charge is 0.271 e. The van der Waals surface area contributed by atoms with Gasteiger partial charge in [-0.25, -0.2) is 4.68 Å². The molecule has 0 amide bonds. The van der Waals surface area contributed by atoms with Crippen molar-refractivity contribution in [3.05, 3.63) is 63.3 Å². The molecule has 6 nitrogen and oxygen atoms in total. The van der Waals surface area contributed by atoms with Gasteiger partial charge in [0.15, 0.2) is 5.15 Å². The molecule has 0 N–H and O–H groups in total. The Hall–Kier alpha value is -2.18. The third-order valence-corrected chi connectivity index (χ3v) is 3.00. The van der Waals surface area contributed by atoms with Crippen LogP contribution in [0.1, 0.15) is 0 Å². The number of nitrogens with zero attached hydrogens (tertiary/aromatic N) is 5. The second-order valence-electron chi connectivity index (χ2n) is 3.89. The number of rotatable bonds is 2. The molecule has 3 rings (SSSR count). The average molecular weight is 308 g/mol. The molecule has 0 unspecified atom stereocenters. The van der Waals surface area contributed by atoms with Crippen molar-refractivity contribution >= 4 is 23.2 Å². The van der Waals surface area contributed by atoms with Crippen molar-refractivity contribution in [2.45, 2.75) is 0 Å². The van der Waals surface area contributed by atoms with Crippen molar-refractivity contribution in [2.24, 2.45) is 0 Å². The Morgan fingerprint density at radius 1 is 1.10 bits per heavy atom. The number of benzene rings is 1. The first kappa shape index (κ1) is 12.8. The molecule has 0 aliphatic carbocycles. The summed E-state index contributed by atoms with van der Waals surface area (Å²) in [7, 11) is 0. The van der Waals surface area contributed by atoms with E-state index in [1.54, 1.807) is 24.3 Å². The summed E-state index contributed by atoms with van der Waals surface area (Å²) in [4.78, 5) is 11.9. The Labute approximate surface area is 123 Å². The molecule has 8 heteroatoms. The lowest BCUT2D eigenvalue weighted by Gasteiger charge is -2.10. The van der Waals surface area contributed by atoms with E-state index in [0.717, 1.165) is 0 Å². The predicted molar refractivity (Wildman–Crippen MR) is 74.8 cm³/mol. The van der Waals surface area contributed by atoms with Gasteiger partial charge < -0.3 is 0 Å². The molecule has 0 bridgehead atoms. The molecule has 20 heavy (non-hydrogen) atoms. The van der Waals surface area contributed by atoms with E-state index < -0.39 is 0 Å². The molecule has 0 atom stereocenters. The first-order chi connectivity index (χ1) is 9.65. The maximum Gasteiger partial charge on any atom is 0.271 e. The predicted octanol–water partition coefficient (Wildman–Crippen LogP) is 2.12. The summed E-state index contributed by atoms with van der Waals surface area (Å²) in [6.07, 6.45) is 3.04. The van der Waals surface area contributed by atoms with Gasteiger partial charge in [-0.3, -0.25) is 4.79 Å². The smallest absolute Gasteiger partial charge is 0.267 e. The number of halogens is 2. The summed E-state index contributed by atoms with van der Waals surface area (Å²) in [5.41, 5.74) is 0.807. The number of hydrogen-bond donors (Lipinski definition) is 0. The zero-order valence-corrected chi connectivity index (χ0v) is 11.5. The SMILES string of the molecule is O=c1cccnn1-c1cc(Cl)ccc1-n1cc(Cl)nn1. The van der Waals surface area contributed by atoms with Crippen LogP contribution >= 0.6 is 23.2 Å². The van der Waals surface area contributed by atoms with E-state index in [4.69, 9.17) is 23.2 Å². The molecule has 3 aromatic rings. The van der Waals surface area contributed by atoms with Gasteiger partial charge in [-0.1, -0.05) is 28.4 Å². The highest BCUT2D eigenvalue weighted by Crippen LogP contribution is 2.22. The summed E-state index contributed by atoms with van der Waals surface area (Å²) < 4.78 is 2.69. The first-order valence-electron chi connectivity index (χ1n) is 5.57. The van der Waals surface area contributed by atoms with Gasteiger partial charge in [0.1, 0.15) is 0 Å². The zero-order chi connectivity index (χ0) is 14.1. The minimum atomic E-state index is -0.276. The van der Waals surface area contributed by atoms with E-state index in [2.05, 4.69) is 15.4 Å². The van der Waals surface area contributed by atoms with Crippen LogP contribution in [0.5, 0.6) is 0 Å². The summed E-state index contributed by atoms with van der Waals surface area (Å²) in [6, 6.07) is 8.00. The van der Waals surface area contributed by atoms with Crippen molar-refractivity contribution in [2.75, 3.05) is 0 Å². The van der Waals surface area contributed by atoms with E-state index in [0.29, 0.717) is 16.4 Å². The van der Waals surface area contributed by atoms with Crippen molar-refractivity contribution in [1.82, 2.24) is 24.8 Å². The maximum atomic E-state index is 11.9. The lowest BCUT2D eigenvalue weighted by Crippen LogP contribution is -2.21. The van der Waals surface area contributed by atoms with Crippen LogP contribution in [0.2, 0.25) is 10.2 Å². The van der Waals surface area contributed by atoms with Gasteiger partial charge in [0, 0.05) is 17.3 Å². The van der Waals surface area contributed by atoms with Gasteiger partial charge in [0.05, 0.1) is 17.6 Å². The van der Waals surface area contributed by atoms with Gasteiger partial charge in [-0.2, -0.15) is 9.78 Å². The Bertz CT molecular complexity index is 826. The normalized spacial score (nSPS) is 10.7. The monoisotopic (exact) mass is 307 g/mol. The van der Waals surface area contributed by atoms with E-state index in [9.17, 15) is 4.79 Å². The van der Waals surface area contributed by atoms with Crippen LogP contribution in [0.3, 0.4) is 0 Å². The van der Waals surface area contributed by atoms with Gasteiger partial charge >= 0.3 is 0 Å². The molecule has 0 aliphatic rings. The topological polar surface area (TPSA) is 65.6 Å². The first-order valence-corrected chi connectivity index (χ1v) is 6.33. The molecule has 100 valence electrons. The highest BCUT2D eigenvalue weighted by molar-refractivity contribution is 6.30. The summed E-state index contributed by atoms with van der Waals surface area (Å²) in [5.74, 6) is 0. The Balaban J connectivity index is 2.27. The lowest BCUT2D eigenvalue weighted by atomic mass is 10.2. The molecule has 0 aliphatic heterocycles. The summed E-state index contributed by atoms with van der Waals surface area (Å²) in [6.45, 7) is 0. The summed E-state index contributed by atoms with van der Waals surface area (Å²) >= 11 is 11.8. The van der Waals surface area contributed by atoms with Crippen molar-refractivity contribution in [1.29, 1.82) is 0 Å². The third-order valence-electron chi connectivity index (χ3n) is 2.59. The van der Waals surface area contributed by atoms with Crippen LogP contribution in [-0.2, 0) is 0 Å². The fourth-order valence-electron chi connectivity index (χ4n) is 1.76. The van der Waals surface area contributed by atoms with Gasteiger partial charge in [-0.05, 0) is 24.3 Å². The second kappa shape index (κ2) is 5.07. The fourth-order valence-corrected chi connectivity index (χ4v) is 2.05. The minimum absolute atomic E-state index is 0.249. The van der Waals surface area contributed by atoms with Crippen molar-refractivity contribution < 1.29 is 0 Å². The molecule has 0 saturated carbocycles. The molecule has 2 heterocycles. The molecule has 0 fully saturated rings. The van der Waals surface area contributed by atoms with Gasteiger partial charge in [-0.15, -0.1) is 5.10 Å². The van der Waals surface area contributed by atoms with Crippen molar-refractivity contribution in [3.8, 4) is 11.4 Å². The highest BCUT2D eigenvalue weighted by Gasteiger charge is 2.11. The van der Waals surface area contributed by atoms with Gasteiger partial charge in [0.2, 0.25) is 0 Å². The molecule has 1 aromatic carbocycles. The third kappa shape index (κ3) is 2.31. The van der Waals surface area contributed by atoms with E-state index in [1.165, 1.54) is 27.8 Å². The Morgan fingerprint density at radius 2 is 1.95 bits per heavy atom. The molecule has 0 saturated heterocycles. The Kier molecular flexibility index (Phi) is 3.25. The highest BCUT2D eigenvalue weighted by atomic mass is 35.5. The number of hydrogen-bond acceptors (Lipinski definition) is 4. The van der Waals surface area contributed by atoms with Crippen LogP contribution in [0, 0.1) is 0 Å². The van der Waals surface area contributed by atoms with Gasteiger partial charge in [0.25, 0.3) is 5.56 Å². The van der Waals surface area contributed by atoms with Crippen LogP contribution in [0.4, 0.5) is 0 Å². The van der Waals surface area contributed by atoms with E-state index >= 15 is 0 Å². The van der Waals surface area contributed by atoms with Crippen molar-refractivity contribution in [3.63, 3.8) is 0 Å². The van der Waals surface area contributed by atoms with E-state index in [1.807, 2.05) is 0 Å². The number of aromatic nitrogens is 5. The summed E-state index contributed by atoms with van der Waals surface area (Å²) in [5, 5.41) is 12.4. The van der Waals surface area contributed by atoms with Crippen LogP contribution in [0.25, 0.3) is 11.4 Å². The fraction of sp³-hybridized carbons (Fsp3) is 0. The second-order valence-corrected chi connectivity index (χ2v) is 4.72. The standard InChI is InChI=1S/C12H7Cl2N5O/c13-8-3-4-9(18-7-11(14)16-17-18)10(6-8)19-12(20)2-1-5-15-19/h1-7H. The Morgan fingerprint density at radius 3 is 2.65 bits per heavy atom. The maximum absolute atomic E-state index is 11.9. The molecule has 0 spiro atoms. The molecular formula is C12H7Cl2N5O. The van der Waals surface area contributed by atoms with Crippen LogP contribution < -0.4 is 5.56 Å². The quantitative estimate of drug-likeness (QED) is 0.727. The van der Waals surface area contributed by atoms with Crippen LogP contribution in [0.15, 0.2) is 47.5 Å². The zero-order valence-electron chi connectivity index (χ0n) is 9.94. The average Bonchev–Trinajstić information content (AvgIpc) is 2.86. The van der Waals surface area contributed by atoms with Crippen LogP contribution in [-0.4, -0.2) is 24.8 Å². The van der Waals surface area contributed by atoms with E-state index in [-0.39, 0.29) is 10.7 Å². The lowest BCUT2D eigenvalue weighted by molar-refractivity contribution is 0.760.